The third-order valence-electron chi connectivity index (χ3n) is 4.02. The van der Waals surface area contributed by atoms with Gasteiger partial charge < -0.3 is 9.64 Å². The number of nitrogens with two attached hydrogens (primary N) is 1. The van der Waals surface area contributed by atoms with Gasteiger partial charge in [0.05, 0.1) is 13.2 Å². The van der Waals surface area contributed by atoms with Crippen LogP contribution in [0.2, 0.25) is 0 Å². The number of methoxy groups -OCH3 is 1. The first-order valence-corrected chi connectivity index (χ1v) is 7.33. The van der Waals surface area contributed by atoms with Gasteiger partial charge in [0.2, 0.25) is 0 Å². The molecule has 0 aliphatic carbocycles. The highest BCUT2D eigenvalue weighted by molar-refractivity contribution is 5.81. The fourth-order valence-corrected chi connectivity index (χ4v) is 2.79. The Hall–Kier alpha value is -1.79. The number of ether oxygens (including phenoxy) is 1. The van der Waals surface area contributed by atoms with Crippen LogP contribution >= 0.6 is 0 Å². The molecular formula is C15H24N4O2. The van der Waals surface area contributed by atoms with Gasteiger partial charge in [-0.2, -0.15) is 0 Å². The van der Waals surface area contributed by atoms with Gasteiger partial charge in [-0.3, -0.25) is 15.1 Å². The van der Waals surface area contributed by atoms with E-state index in [1.165, 1.54) is 5.69 Å². The highest BCUT2D eigenvalue weighted by atomic mass is 16.5. The molecule has 1 aliphatic rings. The quantitative estimate of drug-likeness (QED) is 0.472. The maximum atomic E-state index is 11.8. The van der Waals surface area contributed by atoms with E-state index in [0.29, 0.717) is 0 Å². The zero-order valence-electron chi connectivity index (χ0n) is 12.7. The summed E-state index contributed by atoms with van der Waals surface area (Å²) in [5.41, 5.74) is 3.45. The zero-order chi connectivity index (χ0) is 15.2. The fourth-order valence-electron chi connectivity index (χ4n) is 2.79. The second-order valence-electron chi connectivity index (χ2n) is 5.15. The van der Waals surface area contributed by atoms with Crippen molar-refractivity contribution in [1.29, 1.82) is 0 Å². The number of amides is 1. The first-order chi connectivity index (χ1) is 10.2. The summed E-state index contributed by atoms with van der Waals surface area (Å²) in [5, 5.41) is 0. The molecule has 1 heterocycles. The van der Waals surface area contributed by atoms with Gasteiger partial charge in [0.25, 0.3) is 5.91 Å². The summed E-state index contributed by atoms with van der Waals surface area (Å²) in [7, 11) is 1.67. The predicted octanol–water partition coefficient (Wildman–Crippen LogP) is 0.586. The summed E-state index contributed by atoms with van der Waals surface area (Å²) >= 11 is 0. The largest absolute Gasteiger partial charge is 0.497 e. The van der Waals surface area contributed by atoms with E-state index in [1.54, 1.807) is 7.11 Å². The number of hydrogen-bond donors (Lipinski definition) is 2. The maximum Gasteiger partial charge on any atom is 0.251 e. The average Bonchev–Trinajstić information content (AvgIpc) is 2.56. The van der Waals surface area contributed by atoms with E-state index >= 15 is 0 Å². The van der Waals surface area contributed by atoms with Crippen molar-refractivity contribution in [2.24, 2.45) is 5.84 Å². The molecule has 6 nitrogen and oxygen atoms in total. The molecule has 6 heteroatoms. The average molecular weight is 292 g/mol. The van der Waals surface area contributed by atoms with Gasteiger partial charge in [0.15, 0.2) is 0 Å². The minimum absolute atomic E-state index is 0.101. The highest BCUT2D eigenvalue weighted by Crippen LogP contribution is 2.21. The number of hydrogen-bond acceptors (Lipinski definition) is 5. The second kappa shape index (κ2) is 7.28. The lowest BCUT2D eigenvalue weighted by atomic mass is 10.1. The van der Waals surface area contributed by atoms with Crippen molar-refractivity contribution < 1.29 is 9.53 Å². The Morgan fingerprint density at radius 2 is 1.90 bits per heavy atom. The first-order valence-electron chi connectivity index (χ1n) is 7.33. The molecule has 21 heavy (non-hydrogen) atoms. The molecular weight excluding hydrogens is 268 g/mol. The van der Waals surface area contributed by atoms with Crippen LogP contribution in [0.1, 0.15) is 13.3 Å². The smallest absolute Gasteiger partial charge is 0.251 e. The van der Waals surface area contributed by atoms with Gasteiger partial charge in [0, 0.05) is 31.9 Å². The molecule has 1 aliphatic heterocycles. The molecule has 1 aromatic carbocycles. The van der Waals surface area contributed by atoms with E-state index in [9.17, 15) is 4.79 Å². The molecule has 1 fully saturated rings. The zero-order valence-corrected chi connectivity index (χ0v) is 12.7. The number of anilines is 1. The summed E-state index contributed by atoms with van der Waals surface area (Å²) in [6, 6.07) is 7.95. The highest BCUT2D eigenvalue weighted by Gasteiger charge is 2.27. The Kier molecular flexibility index (Phi) is 5.41. The Labute approximate surface area is 125 Å². The van der Waals surface area contributed by atoms with Crippen LogP contribution in [0, 0.1) is 0 Å². The molecule has 0 spiro atoms. The van der Waals surface area contributed by atoms with Gasteiger partial charge in [-0.1, -0.05) is 6.92 Å². The molecule has 1 atom stereocenters. The van der Waals surface area contributed by atoms with Crippen molar-refractivity contribution in [2.75, 3.05) is 38.2 Å². The Bertz CT molecular complexity index is 455. The lowest BCUT2D eigenvalue weighted by molar-refractivity contribution is -0.126. The van der Waals surface area contributed by atoms with Crippen LogP contribution in [0.3, 0.4) is 0 Å². The van der Waals surface area contributed by atoms with Crippen molar-refractivity contribution in [3.63, 3.8) is 0 Å². The van der Waals surface area contributed by atoms with E-state index in [1.807, 2.05) is 19.1 Å². The molecule has 2 rings (SSSR count). The lowest BCUT2D eigenvalue weighted by Gasteiger charge is -2.39. The van der Waals surface area contributed by atoms with E-state index in [-0.39, 0.29) is 11.9 Å². The first kappa shape index (κ1) is 15.6. The van der Waals surface area contributed by atoms with Gasteiger partial charge in [0.1, 0.15) is 5.75 Å². The number of piperazine rings is 1. The normalized spacial score (nSPS) is 17.4. The number of nitrogens with one attached hydrogen (secondary N) is 1. The summed E-state index contributed by atoms with van der Waals surface area (Å²) in [4.78, 5) is 16.3. The van der Waals surface area contributed by atoms with E-state index < -0.39 is 0 Å². The number of carbonyl (C=O) groups excluding carboxylic acids is 1. The summed E-state index contributed by atoms with van der Waals surface area (Å²) in [6.07, 6.45) is 0.769. The van der Waals surface area contributed by atoms with Crippen molar-refractivity contribution in [3.05, 3.63) is 24.3 Å². The number of nitrogens with zero attached hydrogens (tertiary/aromatic N) is 2. The van der Waals surface area contributed by atoms with Crippen molar-refractivity contribution in [1.82, 2.24) is 10.3 Å². The predicted molar refractivity (Wildman–Crippen MR) is 83.2 cm³/mol. The third-order valence-corrected chi connectivity index (χ3v) is 4.02. The Morgan fingerprint density at radius 3 is 2.38 bits per heavy atom. The van der Waals surface area contributed by atoms with Crippen LogP contribution < -0.4 is 20.9 Å². The van der Waals surface area contributed by atoms with Crippen molar-refractivity contribution in [2.45, 2.75) is 19.4 Å². The standard InChI is InChI=1S/C15H24N4O2/c1-3-14(15(20)17-16)19-10-8-18(9-11-19)12-4-6-13(21-2)7-5-12/h4-7,14H,3,8-11,16H2,1-2H3,(H,17,20). The summed E-state index contributed by atoms with van der Waals surface area (Å²) in [5.74, 6) is 6.01. The van der Waals surface area contributed by atoms with Gasteiger partial charge in [-0.05, 0) is 30.7 Å². The number of hydrazine groups is 1. The molecule has 3 N–H and O–H groups in total. The van der Waals surface area contributed by atoms with E-state index in [2.05, 4.69) is 27.4 Å². The molecule has 1 amide bonds. The van der Waals surface area contributed by atoms with Crippen LogP contribution in [0.15, 0.2) is 24.3 Å². The monoisotopic (exact) mass is 292 g/mol. The van der Waals surface area contributed by atoms with Gasteiger partial charge in [-0.25, -0.2) is 5.84 Å². The molecule has 0 aromatic heterocycles. The molecule has 0 radical (unpaired) electrons. The Balaban J connectivity index is 1.94. The van der Waals surface area contributed by atoms with Crippen LogP contribution in [-0.4, -0.2) is 50.1 Å². The topological polar surface area (TPSA) is 70.8 Å². The molecule has 1 saturated heterocycles. The van der Waals surface area contributed by atoms with E-state index in [0.717, 1.165) is 38.3 Å². The third kappa shape index (κ3) is 3.65. The molecule has 0 saturated carbocycles. The minimum atomic E-state index is -0.131. The summed E-state index contributed by atoms with van der Waals surface area (Å²) < 4.78 is 5.18. The number of rotatable bonds is 5. The van der Waals surface area contributed by atoms with Gasteiger partial charge in [-0.15, -0.1) is 0 Å². The van der Waals surface area contributed by atoms with Crippen LogP contribution in [0.25, 0.3) is 0 Å². The molecule has 1 unspecified atom stereocenters. The van der Waals surface area contributed by atoms with Crippen LogP contribution in [0.4, 0.5) is 5.69 Å². The SMILES string of the molecule is CCC(C(=O)NN)N1CCN(c2ccc(OC)cc2)CC1. The summed E-state index contributed by atoms with van der Waals surface area (Å²) in [6.45, 7) is 5.53. The van der Waals surface area contributed by atoms with Crippen LogP contribution in [0.5, 0.6) is 5.75 Å². The minimum Gasteiger partial charge on any atom is -0.497 e. The van der Waals surface area contributed by atoms with Crippen LogP contribution in [-0.2, 0) is 4.79 Å². The molecule has 116 valence electrons. The molecule has 1 aromatic rings. The Morgan fingerprint density at radius 1 is 1.29 bits per heavy atom. The van der Waals surface area contributed by atoms with Crippen molar-refractivity contribution >= 4 is 11.6 Å². The maximum absolute atomic E-state index is 11.8. The van der Waals surface area contributed by atoms with Crippen molar-refractivity contribution in [3.8, 4) is 5.75 Å². The second-order valence-corrected chi connectivity index (χ2v) is 5.15. The van der Waals surface area contributed by atoms with E-state index in [4.69, 9.17) is 10.6 Å². The van der Waals surface area contributed by atoms with Gasteiger partial charge >= 0.3 is 0 Å². The fraction of sp³-hybridized carbons (Fsp3) is 0.533. The number of benzene rings is 1. The lowest BCUT2D eigenvalue weighted by Crippen LogP contribution is -2.55. The number of carbonyl (C=O) groups is 1. The molecule has 0 bridgehead atoms.